The monoisotopic (exact) mass is 417 g/mol. The topological polar surface area (TPSA) is 48.0 Å². The van der Waals surface area contributed by atoms with E-state index in [0.717, 1.165) is 24.0 Å². The van der Waals surface area contributed by atoms with Crippen LogP contribution in [0.5, 0.6) is 0 Å². The van der Waals surface area contributed by atoms with Gasteiger partial charge in [0, 0.05) is 12.1 Å². The van der Waals surface area contributed by atoms with E-state index in [1.165, 1.54) is 0 Å². The van der Waals surface area contributed by atoms with Gasteiger partial charge < -0.3 is 19.1 Å². The molecular formula is C25H39NO4. The maximum Gasteiger partial charge on any atom is 0.410 e. The zero-order chi connectivity index (χ0) is 22.3. The molecule has 1 aromatic rings. The summed E-state index contributed by atoms with van der Waals surface area (Å²) >= 11 is 0. The molecular weight excluding hydrogens is 378 g/mol. The Balaban J connectivity index is 2.14. The van der Waals surface area contributed by atoms with Crippen molar-refractivity contribution in [2.45, 2.75) is 104 Å². The van der Waals surface area contributed by atoms with Crippen molar-refractivity contribution in [2.24, 2.45) is 0 Å². The van der Waals surface area contributed by atoms with E-state index in [2.05, 4.69) is 13.5 Å². The number of carbonyl (C=O) groups is 1. The molecule has 1 aromatic carbocycles. The maximum absolute atomic E-state index is 13.0. The SMILES string of the molecule is C=C1C[C@@H](CCC)O[C@H]([C@H](C)OCc2ccccc2)[C@@H]1OC(=O)N(C(C)C)C(C)C. The predicted molar refractivity (Wildman–Crippen MR) is 120 cm³/mol. The third-order valence-corrected chi connectivity index (χ3v) is 5.52. The molecule has 5 nitrogen and oxygen atoms in total. The Bertz CT molecular complexity index is 665. The molecule has 0 unspecified atom stereocenters. The van der Waals surface area contributed by atoms with Gasteiger partial charge in [-0.3, -0.25) is 0 Å². The third kappa shape index (κ3) is 6.58. The molecule has 1 aliphatic rings. The largest absolute Gasteiger partial charge is 0.439 e. The van der Waals surface area contributed by atoms with Gasteiger partial charge in [0.1, 0.15) is 6.10 Å². The zero-order valence-corrected chi connectivity index (χ0v) is 19.5. The first-order valence-corrected chi connectivity index (χ1v) is 11.2. The molecule has 1 fully saturated rings. The molecule has 0 spiro atoms. The number of nitrogens with zero attached hydrogens (tertiary/aromatic N) is 1. The fraction of sp³-hybridized carbons (Fsp3) is 0.640. The minimum absolute atomic E-state index is 0.0494. The van der Waals surface area contributed by atoms with E-state index >= 15 is 0 Å². The molecule has 0 aromatic heterocycles. The predicted octanol–water partition coefficient (Wildman–Crippen LogP) is 5.73. The van der Waals surface area contributed by atoms with Gasteiger partial charge in [-0.25, -0.2) is 4.79 Å². The number of hydrogen-bond donors (Lipinski definition) is 0. The summed E-state index contributed by atoms with van der Waals surface area (Å²) in [7, 11) is 0. The Morgan fingerprint density at radius 2 is 1.80 bits per heavy atom. The Morgan fingerprint density at radius 1 is 1.17 bits per heavy atom. The average molecular weight is 418 g/mol. The van der Waals surface area contributed by atoms with Crippen LogP contribution in [-0.4, -0.2) is 47.5 Å². The Hall–Kier alpha value is -1.85. The number of ether oxygens (including phenoxy) is 3. The molecule has 0 N–H and O–H groups in total. The number of amides is 1. The van der Waals surface area contributed by atoms with Crippen LogP contribution in [-0.2, 0) is 20.8 Å². The van der Waals surface area contributed by atoms with E-state index in [9.17, 15) is 4.79 Å². The molecule has 1 heterocycles. The molecule has 1 aliphatic heterocycles. The van der Waals surface area contributed by atoms with Crippen molar-refractivity contribution in [1.82, 2.24) is 4.90 Å². The van der Waals surface area contributed by atoms with Crippen LogP contribution in [0.1, 0.15) is 66.4 Å². The first-order valence-electron chi connectivity index (χ1n) is 11.2. The lowest BCUT2D eigenvalue weighted by atomic mass is 9.91. The second-order valence-electron chi connectivity index (χ2n) is 8.77. The summed E-state index contributed by atoms with van der Waals surface area (Å²) in [4.78, 5) is 14.7. The number of benzene rings is 1. The van der Waals surface area contributed by atoms with Crippen LogP contribution < -0.4 is 0 Å². The van der Waals surface area contributed by atoms with Crippen molar-refractivity contribution in [1.29, 1.82) is 0 Å². The average Bonchev–Trinajstić information content (AvgIpc) is 2.68. The van der Waals surface area contributed by atoms with Crippen molar-refractivity contribution < 1.29 is 19.0 Å². The van der Waals surface area contributed by atoms with Crippen LogP contribution in [0.25, 0.3) is 0 Å². The molecule has 5 heteroatoms. The smallest absolute Gasteiger partial charge is 0.410 e. The van der Waals surface area contributed by atoms with Gasteiger partial charge in [-0.1, -0.05) is 50.3 Å². The van der Waals surface area contributed by atoms with Crippen LogP contribution in [0.2, 0.25) is 0 Å². The van der Waals surface area contributed by atoms with E-state index in [4.69, 9.17) is 14.2 Å². The van der Waals surface area contributed by atoms with Crippen LogP contribution in [0.4, 0.5) is 4.79 Å². The summed E-state index contributed by atoms with van der Waals surface area (Å²) in [6.45, 7) is 16.8. The van der Waals surface area contributed by atoms with Crippen LogP contribution in [0.15, 0.2) is 42.5 Å². The van der Waals surface area contributed by atoms with Gasteiger partial charge in [-0.05, 0) is 58.6 Å². The second kappa shape index (κ2) is 11.5. The van der Waals surface area contributed by atoms with Crippen LogP contribution in [0, 0.1) is 0 Å². The molecule has 0 aliphatic carbocycles. The van der Waals surface area contributed by atoms with Gasteiger partial charge in [0.25, 0.3) is 0 Å². The van der Waals surface area contributed by atoms with Gasteiger partial charge in [0.2, 0.25) is 0 Å². The van der Waals surface area contributed by atoms with Crippen molar-refractivity contribution in [3.63, 3.8) is 0 Å². The molecule has 4 atom stereocenters. The third-order valence-electron chi connectivity index (χ3n) is 5.52. The molecule has 0 saturated carbocycles. The summed E-state index contributed by atoms with van der Waals surface area (Å²) in [5.74, 6) is 0. The lowest BCUT2D eigenvalue weighted by Crippen LogP contribution is -2.52. The first kappa shape index (κ1) is 24.4. The molecule has 30 heavy (non-hydrogen) atoms. The highest BCUT2D eigenvalue weighted by atomic mass is 16.6. The van der Waals surface area contributed by atoms with E-state index < -0.39 is 6.10 Å². The number of carbonyl (C=O) groups excluding carboxylic acids is 1. The first-order chi connectivity index (χ1) is 14.2. The van der Waals surface area contributed by atoms with Crippen molar-refractivity contribution in [3.05, 3.63) is 48.0 Å². The molecule has 1 amide bonds. The summed E-state index contributed by atoms with van der Waals surface area (Å²) in [6.07, 6.45) is 1.30. The van der Waals surface area contributed by atoms with E-state index in [0.29, 0.717) is 13.0 Å². The lowest BCUT2D eigenvalue weighted by molar-refractivity contribution is -0.157. The highest BCUT2D eigenvalue weighted by molar-refractivity contribution is 5.69. The van der Waals surface area contributed by atoms with Crippen LogP contribution in [0.3, 0.4) is 0 Å². The lowest BCUT2D eigenvalue weighted by Gasteiger charge is -2.41. The summed E-state index contributed by atoms with van der Waals surface area (Å²) in [5, 5.41) is 0. The summed E-state index contributed by atoms with van der Waals surface area (Å²) in [6, 6.07) is 10.2. The maximum atomic E-state index is 13.0. The van der Waals surface area contributed by atoms with E-state index in [1.54, 1.807) is 4.90 Å². The fourth-order valence-electron chi connectivity index (χ4n) is 4.07. The Morgan fingerprint density at radius 3 is 2.37 bits per heavy atom. The van der Waals surface area contributed by atoms with Gasteiger partial charge in [-0.2, -0.15) is 0 Å². The van der Waals surface area contributed by atoms with E-state index in [-0.39, 0.29) is 36.5 Å². The van der Waals surface area contributed by atoms with Crippen LogP contribution >= 0.6 is 0 Å². The molecule has 0 radical (unpaired) electrons. The van der Waals surface area contributed by atoms with Gasteiger partial charge >= 0.3 is 6.09 Å². The fourth-order valence-corrected chi connectivity index (χ4v) is 4.07. The highest BCUT2D eigenvalue weighted by Gasteiger charge is 2.41. The zero-order valence-electron chi connectivity index (χ0n) is 19.5. The Kier molecular flexibility index (Phi) is 9.37. The molecule has 168 valence electrons. The van der Waals surface area contributed by atoms with Gasteiger partial charge in [-0.15, -0.1) is 0 Å². The van der Waals surface area contributed by atoms with E-state index in [1.807, 2.05) is 65.0 Å². The number of rotatable bonds is 9. The standard InChI is InChI=1S/C25H39NO4/c1-8-12-22-15-19(6)23(30-25(27)26(17(2)3)18(4)5)24(29-22)20(7)28-16-21-13-10-9-11-14-21/h9-11,13-14,17-18,20,22-24H,6,8,12,15-16H2,1-5,7H3/t20-,22+,23+,24+/m0/s1. The number of hydrogen-bond acceptors (Lipinski definition) is 4. The van der Waals surface area contributed by atoms with Crippen molar-refractivity contribution in [3.8, 4) is 0 Å². The quantitative estimate of drug-likeness (QED) is 0.482. The summed E-state index contributed by atoms with van der Waals surface area (Å²) in [5.41, 5.74) is 2.00. The molecule has 2 rings (SSSR count). The normalized spacial score (nSPS) is 22.9. The van der Waals surface area contributed by atoms with Crippen molar-refractivity contribution in [2.75, 3.05) is 0 Å². The molecule has 1 saturated heterocycles. The van der Waals surface area contributed by atoms with Gasteiger partial charge in [0.15, 0.2) is 6.10 Å². The minimum atomic E-state index is -0.517. The van der Waals surface area contributed by atoms with Crippen molar-refractivity contribution >= 4 is 6.09 Å². The minimum Gasteiger partial charge on any atom is -0.439 e. The highest BCUT2D eigenvalue weighted by Crippen LogP contribution is 2.32. The van der Waals surface area contributed by atoms with Gasteiger partial charge in [0.05, 0.1) is 18.8 Å². The molecule has 0 bridgehead atoms. The summed E-state index contributed by atoms with van der Waals surface area (Å²) < 4.78 is 18.5. The Labute approximate surface area is 182 Å². The second-order valence-corrected chi connectivity index (χ2v) is 8.77.